The van der Waals surface area contributed by atoms with Crippen LogP contribution in [0.1, 0.15) is 29.4 Å². The summed E-state index contributed by atoms with van der Waals surface area (Å²) in [6.07, 6.45) is 5.25. The van der Waals surface area contributed by atoms with Gasteiger partial charge in [-0.3, -0.25) is 4.79 Å². The van der Waals surface area contributed by atoms with Gasteiger partial charge in [-0.25, -0.2) is 19.3 Å². The van der Waals surface area contributed by atoms with Crippen LogP contribution in [0.25, 0.3) is 22.0 Å². The zero-order chi connectivity index (χ0) is 18.0. The summed E-state index contributed by atoms with van der Waals surface area (Å²) in [5.41, 5.74) is 8.02. The summed E-state index contributed by atoms with van der Waals surface area (Å²) in [4.78, 5) is 24.5. The summed E-state index contributed by atoms with van der Waals surface area (Å²) in [7, 11) is 0. The summed E-state index contributed by atoms with van der Waals surface area (Å²) in [6, 6.07) is 2.88. The van der Waals surface area contributed by atoms with E-state index in [0.717, 1.165) is 12.0 Å². The summed E-state index contributed by atoms with van der Waals surface area (Å²) in [5.74, 6) is -0.774. The Balaban J connectivity index is 2.21. The number of fused-ring (bicyclic) bond motifs is 1. The van der Waals surface area contributed by atoms with Crippen LogP contribution in [-0.4, -0.2) is 27.4 Å². The van der Waals surface area contributed by atoms with Crippen molar-refractivity contribution < 1.29 is 9.18 Å². The van der Waals surface area contributed by atoms with Gasteiger partial charge in [0.15, 0.2) is 5.69 Å². The number of hydrogen-bond donors (Lipinski definition) is 2. The summed E-state index contributed by atoms with van der Waals surface area (Å²) < 4.78 is 14.5. The number of nitrogens with one attached hydrogen (secondary N) is 1. The summed E-state index contributed by atoms with van der Waals surface area (Å²) >= 11 is 0. The van der Waals surface area contributed by atoms with E-state index < -0.39 is 5.82 Å². The third-order valence-corrected chi connectivity index (χ3v) is 3.95. The Morgan fingerprint density at radius 2 is 2.04 bits per heavy atom. The molecule has 0 bridgehead atoms. The van der Waals surface area contributed by atoms with Crippen LogP contribution in [-0.2, 0) is 0 Å². The maximum atomic E-state index is 14.5. The van der Waals surface area contributed by atoms with E-state index in [9.17, 15) is 9.18 Å². The van der Waals surface area contributed by atoms with E-state index in [-0.39, 0.29) is 17.3 Å². The second-order valence-electron chi connectivity index (χ2n) is 5.71. The van der Waals surface area contributed by atoms with Crippen molar-refractivity contribution in [2.75, 3.05) is 12.3 Å². The van der Waals surface area contributed by atoms with Crippen LogP contribution >= 0.6 is 0 Å². The van der Waals surface area contributed by atoms with Crippen LogP contribution in [0.3, 0.4) is 0 Å². The lowest BCUT2D eigenvalue weighted by Gasteiger charge is -2.13. The number of aromatic nitrogens is 3. The molecule has 7 heteroatoms. The molecular weight excluding hydrogens is 321 g/mol. The van der Waals surface area contributed by atoms with Gasteiger partial charge in [0, 0.05) is 35.3 Å². The molecule has 0 unspecified atom stereocenters. The number of amides is 1. The van der Waals surface area contributed by atoms with Crippen LogP contribution < -0.4 is 11.1 Å². The first-order valence-electron chi connectivity index (χ1n) is 7.96. The lowest BCUT2D eigenvalue weighted by Crippen LogP contribution is -2.26. The highest BCUT2D eigenvalue weighted by Crippen LogP contribution is 2.34. The fourth-order valence-electron chi connectivity index (χ4n) is 2.69. The van der Waals surface area contributed by atoms with E-state index >= 15 is 0 Å². The van der Waals surface area contributed by atoms with Gasteiger partial charge in [-0.2, -0.15) is 0 Å². The van der Waals surface area contributed by atoms with Crippen LogP contribution in [0.15, 0.2) is 30.9 Å². The smallest absolute Gasteiger partial charge is 0.272 e. The predicted octanol–water partition coefficient (Wildman–Crippen LogP) is 2.86. The molecule has 0 aliphatic heterocycles. The normalized spacial score (nSPS) is 10.8. The number of halogens is 1. The molecule has 0 saturated carbocycles. The molecule has 6 nitrogen and oxygen atoms in total. The summed E-state index contributed by atoms with van der Waals surface area (Å²) in [5, 5.41) is 3.81. The molecule has 0 saturated heterocycles. The molecule has 3 N–H and O–H groups in total. The Hall–Kier alpha value is -3.09. The molecule has 0 spiro atoms. The molecular formula is C18H18FN5O. The van der Waals surface area contributed by atoms with Gasteiger partial charge in [-0.1, -0.05) is 6.92 Å². The molecule has 1 amide bonds. The Bertz CT molecular complexity index is 958. The van der Waals surface area contributed by atoms with Gasteiger partial charge in [0.1, 0.15) is 12.1 Å². The minimum absolute atomic E-state index is 0.137. The predicted molar refractivity (Wildman–Crippen MR) is 94.5 cm³/mol. The van der Waals surface area contributed by atoms with Crippen molar-refractivity contribution in [1.82, 2.24) is 20.3 Å². The quantitative estimate of drug-likeness (QED) is 0.762. The number of nitrogens with two attached hydrogens (primary N) is 1. The molecule has 2 heterocycles. The van der Waals surface area contributed by atoms with Crippen molar-refractivity contribution >= 4 is 22.4 Å². The van der Waals surface area contributed by atoms with Gasteiger partial charge in [-0.15, -0.1) is 0 Å². The van der Waals surface area contributed by atoms with Crippen molar-refractivity contribution in [1.29, 1.82) is 0 Å². The number of carbonyl (C=O) groups is 1. The monoisotopic (exact) mass is 339 g/mol. The van der Waals surface area contributed by atoms with Gasteiger partial charge in [-0.05, 0) is 31.0 Å². The minimum atomic E-state index is -0.432. The van der Waals surface area contributed by atoms with Crippen molar-refractivity contribution in [2.45, 2.75) is 20.3 Å². The highest BCUT2D eigenvalue weighted by molar-refractivity contribution is 6.09. The SMILES string of the molecule is CCCNC(=O)c1ncc2c(-c3ncncc3C)c(F)ccc2c1N. The number of carbonyl (C=O) groups excluding carboxylic acids is 1. The highest BCUT2D eigenvalue weighted by atomic mass is 19.1. The average molecular weight is 339 g/mol. The Labute approximate surface area is 144 Å². The number of benzene rings is 1. The van der Waals surface area contributed by atoms with Crippen LogP contribution in [0.4, 0.5) is 10.1 Å². The van der Waals surface area contributed by atoms with Crippen LogP contribution in [0, 0.1) is 12.7 Å². The first kappa shape index (κ1) is 16.8. The van der Waals surface area contributed by atoms with Gasteiger partial charge in [0.25, 0.3) is 5.91 Å². The molecule has 1 aromatic carbocycles. The standard InChI is InChI=1S/C18H18FN5O/c1-3-6-22-18(25)17-15(20)11-4-5-13(19)14(12(11)8-23-17)16-10(2)7-21-9-24-16/h4-5,7-9H,3,6,20H2,1-2H3,(H,22,25). The van der Waals surface area contributed by atoms with E-state index in [2.05, 4.69) is 20.3 Å². The number of hydrogen-bond acceptors (Lipinski definition) is 5. The maximum absolute atomic E-state index is 14.5. The number of aryl methyl sites for hydroxylation is 1. The zero-order valence-corrected chi connectivity index (χ0v) is 14.0. The van der Waals surface area contributed by atoms with Gasteiger partial charge < -0.3 is 11.1 Å². The van der Waals surface area contributed by atoms with E-state index in [1.165, 1.54) is 18.6 Å². The molecule has 2 aromatic heterocycles. The third-order valence-electron chi connectivity index (χ3n) is 3.95. The van der Waals surface area contributed by atoms with Crippen molar-refractivity contribution in [3.63, 3.8) is 0 Å². The molecule has 25 heavy (non-hydrogen) atoms. The van der Waals surface area contributed by atoms with E-state index in [0.29, 0.717) is 28.6 Å². The lowest BCUT2D eigenvalue weighted by atomic mass is 9.99. The van der Waals surface area contributed by atoms with Crippen LogP contribution in [0.2, 0.25) is 0 Å². The van der Waals surface area contributed by atoms with E-state index in [4.69, 9.17) is 5.73 Å². The second kappa shape index (κ2) is 6.80. The third kappa shape index (κ3) is 3.00. The number of anilines is 1. The molecule has 3 rings (SSSR count). The fraction of sp³-hybridized carbons (Fsp3) is 0.222. The molecule has 0 radical (unpaired) electrons. The molecule has 3 aromatic rings. The first-order chi connectivity index (χ1) is 12.0. The Morgan fingerprint density at radius 3 is 2.76 bits per heavy atom. The zero-order valence-electron chi connectivity index (χ0n) is 14.0. The van der Waals surface area contributed by atoms with Crippen molar-refractivity contribution in [2.24, 2.45) is 0 Å². The highest BCUT2D eigenvalue weighted by Gasteiger charge is 2.19. The number of nitrogens with zero attached hydrogens (tertiary/aromatic N) is 3. The van der Waals surface area contributed by atoms with E-state index in [1.807, 2.05) is 6.92 Å². The summed E-state index contributed by atoms with van der Waals surface area (Å²) in [6.45, 7) is 4.29. The molecule has 128 valence electrons. The van der Waals surface area contributed by atoms with Gasteiger partial charge in [0.2, 0.25) is 0 Å². The van der Waals surface area contributed by atoms with Crippen molar-refractivity contribution in [3.05, 3.63) is 47.9 Å². The molecule has 0 aliphatic rings. The van der Waals surface area contributed by atoms with E-state index in [1.54, 1.807) is 19.2 Å². The van der Waals surface area contributed by atoms with Gasteiger partial charge >= 0.3 is 0 Å². The first-order valence-corrected chi connectivity index (χ1v) is 7.96. The largest absolute Gasteiger partial charge is 0.396 e. The number of pyridine rings is 1. The topological polar surface area (TPSA) is 93.8 Å². The molecule has 0 atom stereocenters. The Morgan fingerprint density at radius 1 is 1.24 bits per heavy atom. The number of rotatable bonds is 4. The lowest BCUT2D eigenvalue weighted by molar-refractivity contribution is 0.0950. The fourth-order valence-corrected chi connectivity index (χ4v) is 2.69. The Kier molecular flexibility index (Phi) is 4.56. The van der Waals surface area contributed by atoms with Gasteiger partial charge in [0.05, 0.1) is 11.4 Å². The van der Waals surface area contributed by atoms with Crippen LogP contribution in [0.5, 0.6) is 0 Å². The number of nitrogen functional groups attached to an aromatic ring is 1. The maximum Gasteiger partial charge on any atom is 0.272 e. The molecule has 0 fully saturated rings. The second-order valence-corrected chi connectivity index (χ2v) is 5.71. The molecule has 0 aliphatic carbocycles. The van der Waals surface area contributed by atoms with Crippen molar-refractivity contribution in [3.8, 4) is 11.3 Å². The average Bonchev–Trinajstić information content (AvgIpc) is 2.61. The minimum Gasteiger partial charge on any atom is -0.396 e.